The number of halogens is 6. The predicted molar refractivity (Wildman–Crippen MR) is 104 cm³/mol. The van der Waals surface area contributed by atoms with Crippen LogP contribution in [0.1, 0.15) is 30.0 Å². The molecule has 0 saturated carbocycles. The van der Waals surface area contributed by atoms with Crippen LogP contribution < -0.4 is 0 Å². The van der Waals surface area contributed by atoms with E-state index < -0.39 is 40.6 Å². The molecule has 1 aliphatic rings. The summed E-state index contributed by atoms with van der Waals surface area (Å²) in [5.41, 5.74) is -2.93. The quantitative estimate of drug-likeness (QED) is 0.477. The van der Waals surface area contributed by atoms with Crippen molar-refractivity contribution in [2.75, 3.05) is 12.9 Å². The highest BCUT2D eigenvalue weighted by Gasteiger charge is 2.38. The summed E-state index contributed by atoms with van der Waals surface area (Å²) in [4.78, 5) is 2.65. The smallest absolute Gasteiger partial charge is 0.351 e. The van der Waals surface area contributed by atoms with E-state index in [1.54, 1.807) is 24.3 Å². The van der Waals surface area contributed by atoms with Gasteiger partial charge in [0.15, 0.2) is 0 Å². The van der Waals surface area contributed by atoms with Crippen molar-refractivity contribution >= 4 is 16.3 Å². The molecule has 1 heterocycles. The first kappa shape index (κ1) is 22.5. The lowest BCUT2D eigenvalue weighted by atomic mass is 10.1. The minimum Gasteiger partial charge on any atom is -0.351 e. The molecule has 0 spiro atoms. The third-order valence-corrected chi connectivity index (χ3v) is 7.32. The topological polar surface area (TPSA) is 24.8 Å². The Bertz CT molecular complexity index is 897. The Morgan fingerprint density at radius 1 is 0.967 bits per heavy atom. The Morgan fingerprint density at radius 3 is 2.00 bits per heavy atom. The number of nitrogens with zero attached hydrogens (tertiary/aromatic N) is 2. The van der Waals surface area contributed by atoms with Crippen molar-refractivity contribution in [1.82, 2.24) is 4.90 Å². The Hall–Kier alpha value is -2.20. The zero-order valence-electron chi connectivity index (χ0n) is 16.2. The fourth-order valence-corrected chi connectivity index (χ4v) is 5.87. The number of hydrogen-bond donors (Lipinski definition) is 0. The van der Waals surface area contributed by atoms with E-state index in [0.717, 1.165) is 10.7 Å². The summed E-state index contributed by atoms with van der Waals surface area (Å²) in [6, 6.07) is 10.5. The van der Waals surface area contributed by atoms with Crippen molar-refractivity contribution in [2.45, 2.75) is 37.2 Å². The van der Waals surface area contributed by atoms with Crippen LogP contribution in [0.3, 0.4) is 0 Å². The van der Waals surface area contributed by atoms with Gasteiger partial charge in [-0.2, -0.15) is 30.7 Å². The van der Waals surface area contributed by atoms with Crippen LogP contribution in [0.15, 0.2) is 57.8 Å². The maximum absolute atomic E-state index is 13.1. The van der Waals surface area contributed by atoms with E-state index in [-0.39, 0.29) is 11.6 Å². The molecule has 0 amide bonds. The average molecular weight is 450 g/mol. The normalized spacial score (nSPS) is 22.0. The first-order chi connectivity index (χ1) is 13.9. The second-order valence-electron chi connectivity index (χ2n) is 6.82. The van der Waals surface area contributed by atoms with Gasteiger partial charge in [-0.1, -0.05) is 25.1 Å². The fourth-order valence-electron chi connectivity index (χ4n) is 3.10. The molecule has 164 valence electrons. The van der Waals surface area contributed by atoms with Crippen molar-refractivity contribution < 1.29 is 30.5 Å². The molecule has 0 aromatic heterocycles. The first-order valence-electron chi connectivity index (χ1n) is 9.03. The molecule has 30 heavy (non-hydrogen) atoms. The predicted octanol–water partition coefficient (Wildman–Crippen LogP) is 6.65. The molecule has 0 aliphatic carbocycles. The molecule has 0 fully saturated rings. The molecular weight excluding hydrogens is 430 g/mol. The van der Waals surface area contributed by atoms with Crippen molar-refractivity contribution in [2.24, 2.45) is 4.40 Å². The minimum absolute atomic E-state index is 0.111. The molecule has 10 heteroatoms. The minimum atomic E-state index is -4.90. The van der Waals surface area contributed by atoms with Crippen molar-refractivity contribution in [3.8, 4) is 0 Å². The summed E-state index contributed by atoms with van der Waals surface area (Å²) >= 11 is 0. The molecule has 3 nitrogen and oxygen atoms in total. The number of amidine groups is 1. The monoisotopic (exact) mass is 450 g/mol. The number of rotatable bonds is 5. The summed E-state index contributed by atoms with van der Waals surface area (Å²) in [5, 5.41) is 0. The van der Waals surface area contributed by atoms with Gasteiger partial charge in [0.1, 0.15) is 5.84 Å². The molecule has 1 atom stereocenters. The summed E-state index contributed by atoms with van der Waals surface area (Å²) < 4.78 is 89.5. The van der Waals surface area contributed by atoms with Crippen molar-refractivity contribution in [3.05, 3.63) is 65.2 Å². The third kappa shape index (κ3) is 4.75. The zero-order chi connectivity index (χ0) is 22.2. The van der Waals surface area contributed by atoms with E-state index in [9.17, 15) is 26.3 Å². The van der Waals surface area contributed by atoms with Gasteiger partial charge in [-0.25, -0.2) is 0 Å². The number of hydrogen-bond acceptors (Lipinski definition) is 3. The van der Waals surface area contributed by atoms with E-state index >= 15 is 0 Å². The molecule has 0 bridgehead atoms. The van der Waals surface area contributed by atoms with Crippen LogP contribution in [-0.2, 0) is 23.1 Å². The van der Waals surface area contributed by atoms with Gasteiger partial charge in [-0.15, -0.1) is 0 Å². The van der Waals surface area contributed by atoms with Gasteiger partial charge < -0.3 is 9.08 Å². The highest BCUT2D eigenvalue weighted by molar-refractivity contribution is 8.29. The van der Waals surface area contributed by atoms with Crippen LogP contribution in [0.5, 0.6) is 0 Å². The average Bonchev–Trinajstić information content (AvgIpc) is 3.02. The Balaban J connectivity index is 1.98. The maximum atomic E-state index is 13.1. The lowest BCUT2D eigenvalue weighted by molar-refractivity contribution is -0.143. The van der Waals surface area contributed by atoms with Gasteiger partial charge in [-0.05, 0) is 35.9 Å². The first-order valence-corrected chi connectivity index (χ1v) is 10.7. The number of benzene rings is 2. The lowest BCUT2D eigenvalue weighted by Gasteiger charge is -2.32. The summed E-state index contributed by atoms with van der Waals surface area (Å²) in [6.45, 7) is 1.49. The molecule has 0 radical (unpaired) electrons. The van der Waals surface area contributed by atoms with Crippen LogP contribution >= 0.6 is 10.5 Å². The third-order valence-electron chi connectivity index (χ3n) is 4.56. The van der Waals surface area contributed by atoms with Crippen LogP contribution in [0.4, 0.5) is 26.3 Å². The highest BCUT2D eigenvalue weighted by atomic mass is 32.3. The maximum Gasteiger partial charge on any atom is 0.416 e. The van der Waals surface area contributed by atoms with Crippen molar-refractivity contribution in [3.63, 3.8) is 0 Å². The number of alkyl halides is 6. The summed E-state index contributed by atoms with van der Waals surface area (Å²) in [5.74, 6) is 1.15. The van der Waals surface area contributed by atoms with Gasteiger partial charge in [0.25, 0.3) is 0 Å². The molecule has 2 aromatic carbocycles. The van der Waals surface area contributed by atoms with Gasteiger partial charge in [0.05, 0.1) is 23.6 Å². The highest BCUT2D eigenvalue weighted by Crippen LogP contribution is 2.62. The standard InChI is InChI=1S/C20H20F6N2OS/c1-3-18-27-30(13-28(18)2,17-7-5-4-6-8-17)29-12-14-9-15(19(21,22)23)11-16(10-14)20(24,25)26/h4-11H,3,12-13H2,1-2H3. The molecule has 0 N–H and O–H groups in total. The van der Waals surface area contributed by atoms with E-state index in [0.29, 0.717) is 24.4 Å². The second-order valence-corrected chi connectivity index (χ2v) is 9.25. The Labute approximate surface area is 172 Å². The molecular formula is C20H20F6N2OS. The Kier molecular flexibility index (Phi) is 6.10. The molecule has 2 aromatic rings. The molecule has 1 aliphatic heterocycles. The van der Waals surface area contributed by atoms with Crippen LogP contribution in [0.2, 0.25) is 0 Å². The van der Waals surface area contributed by atoms with Crippen LogP contribution in [-0.4, -0.2) is 23.7 Å². The second kappa shape index (κ2) is 8.14. The van der Waals surface area contributed by atoms with Gasteiger partial charge >= 0.3 is 12.4 Å². The van der Waals surface area contributed by atoms with Crippen molar-refractivity contribution in [1.29, 1.82) is 0 Å². The van der Waals surface area contributed by atoms with Crippen LogP contribution in [0, 0.1) is 0 Å². The molecule has 0 saturated heterocycles. The lowest BCUT2D eigenvalue weighted by Crippen LogP contribution is -2.22. The molecule has 3 rings (SSSR count). The fraction of sp³-hybridized carbons (Fsp3) is 0.350. The van der Waals surface area contributed by atoms with Crippen LogP contribution in [0.25, 0.3) is 0 Å². The summed E-state index contributed by atoms with van der Waals surface area (Å²) in [6.07, 6.45) is -9.18. The van der Waals surface area contributed by atoms with E-state index in [1.807, 2.05) is 24.9 Å². The van der Waals surface area contributed by atoms with E-state index in [4.69, 9.17) is 8.58 Å². The van der Waals surface area contributed by atoms with Gasteiger partial charge in [-0.3, -0.25) is 0 Å². The SMILES string of the molecule is CCC1=NS(OCc2cc(C(F)(F)F)cc(C(F)(F)F)c2)(c2ccccc2)CN1C. The Morgan fingerprint density at radius 2 is 1.53 bits per heavy atom. The zero-order valence-corrected chi connectivity index (χ0v) is 17.0. The van der Waals surface area contributed by atoms with Gasteiger partial charge in [0.2, 0.25) is 0 Å². The molecule has 1 unspecified atom stereocenters. The largest absolute Gasteiger partial charge is 0.416 e. The summed E-state index contributed by atoms with van der Waals surface area (Å²) in [7, 11) is -0.465. The van der Waals surface area contributed by atoms with Gasteiger partial charge in [0, 0.05) is 28.9 Å². The van der Waals surface area contributed by atoms with E-state index in [2.05, 4.69) is 0 Å². The van der Waals surface area contributed by atoms with E-state index in [1.165, 1.54) is 0 Å².